The molecule has 0 amide bonds. The summed E-state index contributed by atoms with van der Waals surface area (Å²) in [5, 5.41) is 0. The van der Waals surface area contributed by atoms with E-state index in [1.165, 1.54) is 5.56 Å². The first-order valence-electron chi connectivity index (χ1n) is 7.86. The predicted octanol–water partition coefficient (Wildman–Crippen LogP) is 3.56. The molecule has 0 fully saturated rings. The number of nitrogens with zero attached hydrogens (tertiary/aromatic N) is 1. The Hall–Kier alpha value is -1.91. The second-order valence-electron chi connectivity index (χ2n) is 5.91. The number of aryl methyl sites for hydroxylation is 2. The van der Waals surface area contributed by atoms with Crippen LogP contribution in [0.4, 0.5) is 0 Å². The standard InChI is InChI=1S/C19H21NO2S/c1-16-9-13-19(14-10-16)23(21,22)20-15-5-8-18(20)12-11-17-6-3-2-4-7-17/h2-10,13-14,18H,11-12,15H2,1H3. The maximum atomic E-state index is 12.9. The summed E-state index contributed by atoms with van der Waals surface area (Å²) in [4.78, 5) is 0.372. The van der Waals surface area contributed by atoms with Crippen molar-refractivity contribution in [3.8, 4) is 0 Å². The van der Waals surface area contributed by atoms with E-state index in [1.807, 2.05) is 49.4 Å². The average Bonchev–Trinajstić information content (AvgIpc) is 3.04. The molecule has 1 heterocycles. The van der Waals surface area contributed by atoms with Crippen molar-refractivity contribution >= 4 is 10.0 Å². The molecular weight excluding hydrogens is 306 g/mol. The Morgan fingerprint density at radius 3 is 2.43 bits per heavy atom. The lowest BCUT2D eigenvalue weighted by atomic mass is 10.1. The first-order chi connectivity index (χ1) is 11.1. The van der Waals surface area contributed by atoms with Crippen LogP contribution in [0.5, 0.6) is 0 Å². The Labute approximate surface area is 138 Å². The van der Waals surface area contributed by atoms with Crippen molar-refractivity contribution in [2.45, 2.75) is 30.7 Å². The van der Waals surface area contributed by atoms with Crippen LogP contribution in [0, 0.1) is 6.92 Å². The topological polar surface area (TPSA) is 37.4 Å². The molecule has 3 rings (SSSR count). The third-order valence-electron chi connectivity index (χ3n) is 4.21. The predicted molar refractivity (Wildman–Crippen MR) is 92.8 cm³/mol. The molecule has 1 aliphatic rings. The fourth-order valence-electron chi connectivity index (χ4n) is 2.87. The minimum absolute atomic E-state index is 0.0680. The van der Waals surface area contributed by atoms with Gasteiger partial charge in [0.2, 0.25) is 10.0 Å². The minimum Gasteiger partial charge on any atom is -0.207 e. The molecule has 120 valence electrons. The second kappa shape index (κ2) is 6.69. The molecule has 3 nitrogen and oxygen atoms in total. The van der Waals surface area contributed by atoms with Crippen molar-refractivity contribution < 1.29 is 8.42 Å². The zero-order valence-corrected chi connectivity index (χ0v) is 14.0. The summed E-state index contributed by atoms with van der Waals surface area (Å²) in [6.45, 7) is 2.41. The summed E-state index contributed by atoms with van der Waals surface area (Å²) in [7, 11) is -3.44. The van der Waals surface area contributed by atoms with Crippen LogP contribution < -0.4 is 0 Å². The first kappa shape index (κ1) is 16.0. The number of hydrogen-bond donors (Lipinski definition) is 0. The van der Waals surface area contributed by atoms with Crippen molar-refractivity contribution in [3.63, 3.8) is 0 Å². The van der Waals surface area contributed by atoms with E-state index in [1.54, 1.807) is 16.4 Å². The van der Waals surface area contributed by atoms with Crippen LogP contribution in [0.25, 0.3) is 0 Å². The lowest BCUT2D eigenvalue weighted by Crippen LogP contribution is -2.36. The monoisotopic (exact) mass is 327 g/mol. The van der Waals surface area contributed by atoms with Crippen LogP contribution in [-0.2, 0) is 16.4 Å². The lowest BCUT2D eigenvalue weighted by Gasteiger charge is -2.24. The van der Waals surface area contributed by atoms with Crippen molar-refractivity contribution in [3.05, 3.63) is 77.9 Å². The first-order valence-corrected chi connectivity index (χ1v) is 9.30. The fourth-order valence-corrected chi connectivity index (χ4v) is 4.44. The van der Waals surface area contributed by atoms with Gasteiger partial charge in [-0.1, -0.05) is 60.2 Å². The van der Waals surface area contributed by atoms with Crippen LogP contribution in [-0.4, -0.2) is 25.3 Å². The summed E-state index contributed by atoms with van der Waals surface area (Å²) < 4.78 is 27.3. The van der Waals surface area contributed by atoms with Gasteiger partial charge in [0.15, 0.2) is 0 Å². The summed E-state index contributed by atoms with van der Waals surface area (Å²) >= 11 is 0. The number of hydrogen-bond acceptors (Lipinski definition) is 2. The zero-order chi connectivity index (χ0) is 16.3. The molecule has 0 N–H and O–H groups in total. The van der Waals surface area contributed by atoms with Gasteiger partial charge in [-0.25, -0.2) is 8.42 Å². The quantitative estimate of drug-likeness (QED) is 0.788. The third-order valence-corrected chi connectivity index (χ3v) is 6.12. The molecule has 4 heteroatoms. The molecule has 0 radical (unpaired) electrons. The van der Waals surface area contributed by atoms with Crippen LogP contribution in [0.1, 0.15) is 17.5 Å². The molecule has 0 saturated heterocycles. The van der Waals surface area contributed by atoms with Gasteiger partial charge in [-0.3, -0.25) is 0 Å². The molecule has 1 atom stereocenters. The van der Waals surface area contributed by atoms with Gasteiger partial charge in [0.1, 0.15) is 0 Å². The molecular formula is C19H21NO2S. The molecule has 23 heavy (non-hydrogen) atoms. The van der Waals surface area contributed by atoms with E-state index in [4.69, 9.17) is 0 Å². The molecule has 2 aromatic rings. The Morgan fingerprint density at radius 2 is 1.74 bits per heavy atom. The Kier molecular flexibility index (Phi) is 4.64. The van der Waals surface area contributed by atoms with E-state index in [0.717, 1.165) is 18.4 Å². The fraction of sp³-hybridized carbons (Fsp3) is 0.263. The molecule has 2 aromatic carbocycles. The highest BCUT2D eigenvalue weighted by Crippen LogP contribution is 2.25. The van der Waals surface area contributed by atoms with E-state index < -0.39 is 10.0 Å². The second-order valence-corrected chi connectivity index (χ2v) is 7.80. The smallest absolute Gasteiger partial charge is 0.207 e. The SMILES string of the molecule is Cc1ccc(S(=O)(=O)N2CC=CC2CCc2ccccc2)cc1. The van der Waals surface area contributed by atoms with Gasteiger partial charge >= 0.3 is 0 Å². The van der Waals surface area contributed by atoms with E-state index in [-0.39, 0.29) is 6.04 Å². The highest BCUT2D eigenvalue weighted by molar-refractivity contribution is 7.89. The molecule has 0 bridgehead atoms. The maximum Gasteiger partial charge on any atom is 0.243 e. The molecule has 1 unspecified atom stereocenters. The minimum atomic E-state index is -3.44. The van der Waals surface area contributed by atoms with Gasteiger partial charge < -0.3 is 0 Å². The highest BCUT2D eigenvalue weighted by Gasteiger charge is 2.31. The highest BCUT2D eigenvalue weighted by atomic mass is 32.2. The van der Waals surface area contributed by atoms with Crippen LogP contribution in [0.15, 0.2) is 71.6 Å². The summed E-state index contributed by atoms with van der Waals surface area (Å²) in [5.74, 6) is 0. The van der Waals surface area contributed by atoms with Crippen LogP contribution in [0.3, 0.4) is 0 Å². The van der Waals surface area contributed by atoms with Crippen LogP contribution in [0.2, 0.25) is 0 Å². The summed E-state index contributed by atoms with van der Waals surface area (Å²) in [6.07, 6.45) is 5.62. The van der Waals surface area contributed by atoms with Crippen LogP contribution >= 0.6 is 0 Å². The lowest BCUT2D eigenvalue weighted by molar-refractivity contribution is 0.394. The summed E-state index contributed by atoms with van der Waals surface area (Å²) in [6, 6.07) is 17.2. The van der Waals surface area contributed by atoms with Gasteiger partial charge in [0, 0.05) is 12.6 Å². The van der Waals surface area contributed by atoms with Gasteiger partial charge in [-0.2, -0.15) is 4.31 Å². The number of rotatable bonds is 5. The Morgan fingerprint density at radius 1 is 1.04 bits per heavy atom. The van der Waals surface area contributed by atoms with Crippen molar-refractivity contribution in [2.24, 2.45) is 0 Å². The molecule has 0 spiro atoms. The van der Waals surface area contributed by atoms with Crippen molar-refractivity contribution in [1.82, 2.24) is 4.31 Å². The Bertz CT molecular complexity index is 780. The van der Waals surface area contributed by atoms with E-state index >= 15 is 0 Å². The van der Waals surface area contributed by atoms with E-state index in [9.17, 15) is 8.42 Å². The van der Waals surface area contributed by atoms with Crippen molar-refractivity contribution in [2.75, 3.05) is 6.54 Å². The third kappa shape index (κ3) is 3.54. The average molecular weight is 327 g/mol. The van der Waals surface area contributed by atoms with Gasteiger partial charge in [-0.05, 0) is 37.5 Å². The zero-order valence-electron chi connectivity index (χ0n) is 13.2. The molecule has 0 saturated carbocycles. The van der Waals surface area contributed by atoms with E-state index in [0.29, 0.717) is 11.4 Å². The molecule has 0 aliphatic carbocycles. The molecule has 1 aliphatic heterocycles. The van der Waals surface area contributed by atoms with E-state index in [2.05, 4.69) is 12.1 Å². The van der Waals surface area contributed by atoms with Crippen molar-refractivity contribution in [1.29, 1.82) is 0 Å². The summed E-state index contributed by atoms with van der Waals surface area (Å²) in [5.41, 5.74) is 2.30. The van der Waals surface area contributed by atoms with Gasteiger partial charge in [0.05, 0.1) is 4.90 Å². The largest absolute Gasteiger partial charge is 0.243 e. The van der Waals surface area contributed by atoms with Gasteiger partial charge in [-0.15, -0.1) is 0 Å². The van der Waals surface area contributed by atoms with Gasteiger partial charge in [0.25, 0.3) is 0 Å². The normalized spacial score (nSPS) is 18.4. The number of benzene rings is 2. The molecule has 0 aromatic heterocycles. The number of sulfonamides is 1. The Balaban J connectivity index is 1.75. The maximum absolute atomic E-state index is 12.9.